The van der Waals surface area contributed by atoms with Crippen LogP contribution in [-0.2, 0) is 6.54 Å². The van der Waals surface area contributed by atoms with Gasteiger partial charge in [0, 0.05) is 12.7 Å². The van der Waals surface area contributed by atoms with E-state index in [4.69, 9.17) is 10.8 Å². The minimum Gasteiger partial charge on any atom is -0.394 e. The van der Waals surface area contributed by atoms with Crippen LogP contribution in [0.5, 0.6) is 0 Å². The molecule has 0 aliphatic heterocycles. The Balaban J connectivity index is 2.63. The lowest BCUT2D eigenvalue weighted by Gasteiger charge is -2.20. The van der Waals surface area contributed by atoms with Gasteiger partial charge in [-0.05, 0) is 17.5 Å². The largest absolute Gasteiger partial charge is 0.394 e. The van der Waals surface area contributed by atoms with Gasteiger partial charge in [-0.15, -0.1) is 0 Å². The molecule has 0 spiro atoms. The molecule has 1 aromatic rings. The summed E-state index contributed by atoms with van der Waals surface area (Å²) in [6.07, 6.45) is 1.75. The third-order valence-electron chi connectivity index (χ3n) is 2.40. The van der Waals surface area contributed by atoms with Crippen LogP contribution < -0.4 is 11.1 Å². The van der Waals surface area contributed by atoms with E-state index in [9.17, 15) is 0 Å². The number of nitrogens with two attached hydrogens (primary N) is 1. The molecule has 0 radical (unpaired) electrons. The molecule has 0 unspecified atom stereocenters. The van der Waals surface area contributed by atoms with Crippen molar-refractivity contribution in [1.82, 2.24) is 4.98 Å². The van der Waals surface area contributed by atoms with E-state index in [0.717, 1.165) is 11.4 Å². The second-order valence-corrected chi connectivity index (χ2v) is 3.93. The monoisotopic (exact) mass is 209 g/mol. The average Bonchev–Trinajstić information content (AvgIpc) is 2.26. The van der Waals surface area contributed by atoms with E-state index < -0.39 is 0 Å². The Morgan fingerprint density at radius 2 is 2.20 bits per heavy atom. The highest BCUT2D eigenvalue weighted by Gasteiger charge is 2.11. The highest BCUT2D eigenvalue weighted by molar-refractivity contribution is 5.36. The van der Waals surface area contributed by atoms with Crippen molar-refractivity contribution >= 4 is 5.82 Å². The molecule has 0 saturated heterocycles. The molecule has 0 fully saturated rings. The number of pyridine rings is 1. The second kappa shape index (κ2) is 5.68. The zero-order valence-corrected chi connectivity index (χ0v) is 9.27. The Bertz CT molecular complexity index is 284. The summed E-state index contributed by atoms with van der Waals surface area (Å²) in [5.41, 5.74) is 6.48. The lowest BCUT2D eigenvalue weighted by Crippen LogP contribution is -2.29. The summed E-state index contributed by atoms with van der Waals surface area (Å²) in [5.74, 6) is 1.14. The molecule has 84 valence electrons. The van der Waals surface area contributed by atoms with Crippen LogP contribution in [0.3, 0.4) is 0 Å². The fraction of sp³-hybridized carbons (Fsp3) is 0.545. The molecule has 0 saturated carbocycles. The van der Waals surface area contributed by atoms with Crippen LogP contribution in [0, 0.1) is 5.92 Å². The number of aliphatic hydroxyl groups excluding tert-OH is 1. The van der Waals surface area contributed by atoms with Crippen molar-refractivity contribution in [2.45, 2.75) is 26.4 Å². The number of anilines is 1. The average molecular weight is 209 g/mol. The van der Waals surface area contributed by atoms with E-state index in [0.29, 0.717) is 12.5 Å². The van der Waals surface area contributed by atoms with Gasteiger partial charge in [0.25, 0.3) is 0 Å². The predicted molar refractivity (Wildman–Crippen MR) is 61.5 cm³/mol. The Labute approximate surface area is 90.5 Å². The van der Waals surface area contributed by atoms with Crippen molar-refractivity contribution in [1.29, 1.82) is 0 Å². The molecule has 0 aliphatic rings. The van der Waals surface area contributed by atoms with Crippen LogP contribution >= 0.6 is 0 Å². The Kier molecular flexibility index (Phi) is 4.52. The lowest BCUT2D eigenvalue weighted by molar-refractivity contribution is 0.249. The fourth-order valence-corrected chi connectivity index (χ4v) is 1.24. The number of aromatic nitrogens is 1. The van der Waals surface area contributed by atoms with Crippen molar-refractivity contribution in [3.05, 3.63) is 23.9 Å². The molecule has 15 heavy (non-hydrogen) atoms. The quantitative estimate of drug-likeness (QED) is 0.675. The van der Waals surface area contributed by atoms with Crippen LogP contribution in [0.4, 0.5) is 5.82 Å². The highest BCUT2D eigenvalue weighted by atomic mass is 16.3. The normalized spacial score (nSPS) is 12.9. The summed E-state index contributed by atoms with van der Waals surface area (Å²) in [6.45, 7) is 4.73. The second-order valence-electron chi connectivity index (χ2n) is 3.93. The number of hydrogen-bond donors (Lipinski definition) is 3. The maximum absolute atomic E-state index is 9.15. The van der Waals surface area contributed by atoms with E-state index in [1.807, 2.05) is 12.1 Å². The molecule has 4 heteroatoms. The summed E-state index contributed by atoms with van der Waals surface area (Å²) in [4.78, 5) is 4.22. The molecule has 1 aromatic heterocycles. The summed E-state index contributed by atoms with van der Waals surface area (Å²) in [5, 5.41) is 12.3. The number of aliphatic hydroxyl groups is 1. The molecular weight excluding hydrogens is 190 g/mol. The van der Waals surface area contributed by atoms with Gasteiger partial charge >= 0.3 is 0 Å². The van der Waals surface area contributed by atoms with Gasteiger partial charge in [0.05, 0.1) is 12.6 Å². The maximum Gasteiger partial charge on any atom is 0.126 e. The molecule has 4 N–H and O–H groups in total. The van der Waals surface area contributed by atoms with Crippen LogP contribution in [0.15, 0.2) is 18.3 Å². The van der Waals surface area contributed by atoms with E-state index in [2.05, 4.69) is 24.1 Å². The summed E-state index contributed by atoms with van der Waals surface area (Å²) >= 11 is 0. The van der Waals surface area contributed by atoms with Crippen molar-refractivity contribution in [3.63, 3.8) is 0 Å². The summed E-state index contributed by atoms with van der Waals surface area (Å²) in [7, 11) is 0. The van der Waals surface area contributed by atoms with Gasteiger partial charge in [-0.2, -0.15) is 0 Å². The standard InChI is InChI=1S/C11H19N3O/c1-8(2)10(7-15)14-11-4-3-9(5-12)6-13-11/h3-4,6,8,10,15H,5,7,12H2,1-2H3,(H,13,14)/t10-/m1/s1. The minimum absolute atomic E-state index is 0.0428. The van der Waals surface area contributed by atoms with Gasteiger partial charge in [-0.1, -0.05) is 19.9 Å². The van der Waals surface area contributed by atoms with Gasteiger partial charge in [-0.3, -0.25) is 0 Å². The predicted octanol–water partition coefficient (Wildman–Crippen LogP) is 0.969. The lowest BCUT2D eigenvalue weighted by atomic mass is 10.1. The molecule has 1 rings (SSSR count). The van der Waals surface area contributed by atoms with E-state index in [1.165, 1.54) is 0 Å². The van der Waals surface area contributed by atoms with Crippen molar-refractivity contribution < 1.29 is 5.11 Å². The van der Waals surface area contributed by atoms with Gasteiger partial charge in [0.15, 0.2) is 0 Å². The third-order valence-corrected chi connectivity index (χ3v) is 2.40. The number of nitrogens with one attached hydrogen (secondary N) is 1. The minimum atomic E-state index is 0.0428. The first-order chi connectivity index (χ1) is 7.17. The van der Waals surface area contributed by atoms with Crippen molar-refractivity contribution in [2.24, 2.45) is 11.7 Å². The van der Waals surface area contributed by atoms with E-state index in [-0.39, 0.29) is 12.6 Å². The molecule has 1 heterocycles. The summed E-state index contributed by atoms with van der Waals surface area (Å²) in [6, 6.07) is 3.86. The molecule has 0 amide bonds. The van der Waals surface area contributed by atoms with Crippen LogP contribution in [0.25, 0.3) is 0 Å². The SMILES string of the molecule is CC(C)[C@@H](CO)Nc1ccc(CN)cn1. The summed E-state index contributed by atoms with van der Waals surface area (Å²) < 4.78 is 0. The maximum atomic E-state index is 9.15. The smallest absolute Gasteiger partial charge is 0.126 e. The zero-order chi connectivity index (χ0) is 11.3. The molecule has 0 bridgehead atoms. The molecule has 0 aliphatic carbocycles. The first-order valence-corrected chi connectivity index (χ1v) is 5.19. The molecule has 1 atom stereocenters. The van der Waals surface area contributed by atoms with E-state index >= 15 is 0 Å². The van der Waals surface area contributed by atoms with Gasteiger partial charge in [-0.25, -0.2) is 4.98 Å². The van der Waals surface area contributed by atoms with Crippen LogP contribution in [-0.4, -0.2) is 22.7 Å². The van der Waals surface area contributed by atoms with Gasteiger partial charge < -0.3 is 16.2 Å². The number of rotatable bonds is 5. The Hall–Kier alpha value is -1.13. The Morgan fingerprint density at radius 3 is 2.60 bits per heavy atom. The number of nitrogens with zero attached hydrogens (tertiary/aromatic N) is 1. The highest BCUT2D eigenvalue weighted by Crippen LogP contribution is 2.10. The Morgan fingerprint density at radius 1 is 1.47 bits per heavy atom. The van der Waals surface area contributed by atoms with Gasteiger partial charge in [0.1, 0.15) is 5.82 Å². The zero-order valence-electron chi connectivity index (χ0n) is 9.27. The van der Waals surface area contributed by atoms with Gasteiger partial charge in [0.2, 0.25) is 0 Å². The van der Waals surface area contributed by atoms with Crippen molar-refractivity contribution in [3.8, 4) is 0 Å². The fourth-order valence-electron chi connectivity index (χ4n) is 1.24. The first-order valence-electron chi connectivity index (χ1n) is 5.19. The molecular formula is C11H19N3O. The first kappa shape index (κ1) is 11.9. The van der Waals surface area contributed by atoms with Crippen LogP contribution in [0.1, 0.15) is 19.4 Å². The molecule has 4 nitrogen and oxygen atoms in total. The topological polar surface area (TPSA) is 71.2 Å². The number of hydrogen-bond acceptors (Lipinski definition) is 4. The molecule has 0 aromatic carbocycles. The van der Waals surface area contributed by atoms with Crippen LogP contribution in [0.2, 0.25) is 0 Å². The van der Waals surface area contributed by atoms with E-state index in [1.54, 1.807) is 6.20 Å². The van der Waals surface area contributed by atoms with Crippen molar-refractivity contribution in [2.75, 3.05) is 11.9 Å². The third kappa shape index (κ3) is 3.49.